The van der Waals surface area contributed by atoms with Gasteiger partial charge < -0.3 is 28.6 Å². The molecule has 4 heterocycles. The van der Waals surface area contributed by atoms with E-state index >= 15 is 0 Å². The molecular formula is C34H34FN5O6. The topological polar surface area (TPSA) is 132 Å². The molecule has 2 unspecified atom stereocenters. The summed E-state index contributed by atoms with van der Waals surface area (Å²) in [5, 5.41) is 18.8. The van der Waals surface area contributed by atoms with E-state index < -0.39 is 11.8 Å². The summed E-state index contributed by atoms with van der Waals surface area (Å²) >= 11 is 0. The number of likely N-dealkylation sites (tertiary alicyclic amines) is 1. The molecule has 4 aromatic rings. The number of nitrogens with zero attached hydrogens (tertiary/aromatic N) is 5. The lowest BCUT2D eigenvalue weighted by molar-refractivity contribution is -0.0592. The summed E-state index contributed by atoms with van der Waals surface area (Å²) in [5.74, 6) is 0.476. The number of aromatic nitrogens is 3. The molecule has 0 amide bonds. The maximum absolute atomic E-state index is 14.6. The van der Waals surface area contributed by atoms with Crippen LogP contribution in [0.15, 0.2) is 42.5 Å². The highest BCUT2D eigenvalue weighted by Gasteiger charge is 2.58. The Bertz CT molecular complexity index is 1870. The third-order valence-corrected chi connectivity index (χ3v) is 9.61. The fraction of sp³-hybridized carbons (Fsp3) is 0.412. The van der Waals surface area contributed by atoms with Gasteiger partial charge in [0, 0.05) is 30.2 Å². The van der Waals surface area contributed by atoms with Gasteiger partial charge in [-0.2, -0.15) is 5.26 Å². The number of aromatic carboxylic acids is 1. The molecule has 2 saturated heterocycles. The van der Waals surface area contributed by atoms with Crippen molar-refractivity contribution in [3.63, 3.8) is 0 Å². The minimum absolute atomic E-state index is 0.00191. The van der Waals surface area contributed by atoms with Crippen LogP contribution in [0.3, 0.4) is 0 Å². The first-order valence-electron chi connectivity index (χ1n) is 15.3. The molecule has 0 radical (unpaired) electrons. The third kappa shape index (κ3) is 5.29. The number of hydrogen-bond donors (Lipinski definition) is 1. The number of ether oxygens (including phenoxy) is 4. The largest absolute Gasteiger partial charge is 0.494 e. The van der Waals surface area contributed by atoms with Crippen molar-refractivity contribution in [2.24, 2.45) is 5.92 Å². The van der Waals surface area contributed by atoms with E-state index in [2.05, 4.69) is 15.5 Å². The average molecular weight is 628 g/mol. The van der Waals surface area contributed by atoms with Crippen LogP contribution in [0.1, 0.15) is 52.3 Å². The average Bonchev–Trinajstić information content (AvgIpc) is 3.69. The lowest BCUT2D eigenvalue weighted by Gasteiger charge is -2.32. The second-order valence-electron chi connectivity index (χ2n) is 12.2. The molecule has 3 aliphatic rings. The van der Waals surface area contributed by atoms with Crippen molar-refractivity contribution in [2.45, 2.75) is 50.5 Å². The fourth-order valence-corrected chi connectivity index (χ4v) is 6.89. The summed E-state index contributed by atoms with van der Waals surface area (Å²) in [6.45, 7) is 3.75. The Morgan fingerprint density at radius 1 is 1.22 bits per heavy atom. The summed E-state index contributed by atoms with van der Waals surface area (Å²) in [6.07, 6.45) is 2.99. The van der Waals surface area contributed by atoms with Gasteiger partial charge in [0.05, 0.1) is 55.8 Å². The summed E-state index contributed by atoms with van der Waals surface area (Å²) < 4.78 is 39.1. The van der Waals surface area contributed by atoms with Gasteiger partial charge in [0.15, 0.2) is 11.6 Å². The first-order chi connectivity index (χ1) is 22.3. The molecule has 0 bridgehead atoms. The highest BCUT2D eigenvalue weighted by atomic mass is 19.1. The van der Waals surface area contributed by atoms with Crippen LogP contribution in [-0.2, 0) is 29.8 Å². The lowest BCUT2D eigenvalue weighted by Crippen LogP contribution is -2.37. The number of piperidine rings is 1. The SMILES string of the molecule is COc1c(COc2cccc(C34CCN(Cc5nc6c(OC)cc(C(=O)O)cc6n5C[C@@H]5CCO5)CC3C4)n2)ccc(C#N)c1F. The van der Waals surface area contributed by atoms with Gasteiger partial charge in [-0.1, -0.05) is 12.1 Å². The molecule has 0 spiro atoms. The van der Waals surface area contributed by atoms with Crippen LogP contribution in [-0.4, -0.2) is 70.5 Å². The van der Waals surface area contributed by atoms with Gasteiger partial charge in [-0.25, -0.2) is 19.2 Å². The predicted molar refractivity (Wildman–Crippen MR) is 164 cm³/mol. The second-order valence-corrected chi connectivity index (χ2v) is 12.2. The second kappa shape index (κ2) is 11.9. The Morgan fingerprint density at radius 2 is 2.07 bits per heavy atom. The zero-order valence-corrected chi connectivity index (χ0v) is 25.7. The molecule has 11 nitrogen and oxygen atoms in total. The monoisotopic (exact) mass is 627 g/mol. The van der Waals surface area contributed by atoms with Gasteiger partial charge in [-0.05, 0) is 56.0 Å². The molecule has 46 heavy (non-hydrogen) atoms. The van der Waals surface area contributed by atoms with Crippen LogP contribution in [0.25, 0.3) is 11.0 Å². The molecule has 2 aliphatic heterocycles. The van der Waals surface area contributed by atoms with Crippen molar-refractivity contribution in [2.75, 3.05) is 33.9 Å². The molecule has 3 atom stereocenters. The Labute approximate surface area is 265 Å². The summed E-state index contributed by atoms with van der Waals surface area (Å²) in [5.41, 5.74) is 2.94. The zero-order valence-electron chi connectivity index (χ0n) is 25.7. The van der Waals surface area contributed by atoms with E-state index in [1.807, 2.05) is 12.1 Å². The highest BCUT2D eigenvalue weighted by molar-refractivity contribution is 5.95. The van der Waals surface area contributed by atoms with E-state index in [0.717, 1.165) is 56.0 Å². The molecular weight excluding hydrogens is 593 g/mol. The quantitative estimate of drug-likeness (QED) is 0.250. The standard InChI is InChI=1S/C34H34FN5O6/c1-43-26-13-22(33(41)42)12-25-31(26)38-28(40(25)17-24-8-11-45-24)18-39-10-9-34(14-23(34)16-39)27-4-3-5-29(37-27)46-19-21-7-6-20(15-36)30(35)32(21)44-2/h3-7,12-13,23-24H,8-11,14,16-19H2,1-2H3,(H,41,42)/t23?,24-,34?/m0/s1. The molecule has 2 aromatic heterocycles. The molecule has 1 N–H and O–H groups in total. The third-order valence-electron chi connectivity index (χ3n) is 9.61. The number of methoxy groups -OCH3 is 2. The van der Waals surface area contributed by atoms with Gasteiger partial charge in [-0.15, -0.1) is 0 Å². The van der Waals surface area contributed by atoms with Gasteiger partial charge in [0.25, 0.3) is 0 Å². The van der Waals surface area contributed by atoms with Crippen molar-refractivity contribution in [3.05, 3.63) is 76.5 Å². The molecule has 1 saturated carbocycles. The van der Waals surface area contributed by atoms with Gasteiger partial charge in [-0.3, -0.25) is 4.90 Å². The number of carboxylic acids is 1. The number of benzene rings is 2. The van der Waals surface area contributed by atoms with Crippen molar-refractivity contribution in [3.8, 4) is 23.4 Å². The Morgan fingerprint density at radius 3 is 2.76 bits per heavy atom. The Hall–Kier alpha value is -4.73. The molecule has 7 rings (SSSR count). The van der Waals surface area contributed by atoms with Crippen LogP contribution in [0.5, 0.6) is 17.4 Å². The summed E-state index contributed by atoms with van der Waals surface area (Å²) in [4.78, 5) is 24.1. The van der Waals surface area contributed by atoms with E-state index in [1.54, 1.807) is 18.2 Å². The summed E-state index contributed by atoms with van der Waals surface area (Å²) in [6, 6.07) is 13.8. The van der Waals surface area contributed by atoms with Crippen LogP contribution >= 0.6 is 0 Å². The number of pyridine rings is 1. The zero-order chi connectivity index (χ0) is 32.0. The molecule has 238 valence electrons. The summed E-state index contributed by atoms with van der Waals surface area (Å²) in [7, 11) is 2.90. The van der Waals surface area contributed by atoms with Gasteiger partial charge >= 0.3 is 5.97 Å². The molecule has 3 fully saturated rings. The van der Waals surface area contributed by atoms with E-state index in [-0.39, 0.29) is 35.0 Å². The molecule has 2 aromatic carbocycles. The number of rotatable bonds is 11. The highest BCUT2D eigenvalue weighted by Crippen LogP contribution is 2.59. The maximum Gasteiger partial charge on any atom is 0.335 e. The maximum atomic E-state index is 14.6. The van der Waals surface area contributed by atoms with Crippen LogP contribution in [0.4, 0.5) is 4.39 Å². The van der Waals surface area contributed by atoms with Crippen molar-refractivity contribution in [1.29, 1.82) is 5.26 Å². The van der Waals surface area contributed by atoms with Gasteiger partial charge in [0.2, 0.25) is 5.88 Å². The number of nitriles is 1. The Kier molecular flexibility index (Phi) is 7.74. The van der Waals surface area contributed by atoms with Crippen molar-refractivity contribution < 1.29 is 33.2 Å². The minimum atomic E-state index is -1.01. The van der Waals surface area contributed by atoms with Crippen LogP contribution in [0.2, 0.25) is 0 Å². The molecule has 12 heteroatoms. The van der Waals surface area contributed by atoms with Crippen molar-refractivity contribution in [1.82, 2.24) is 19.4 Å². The normalized spacial score (nSPS) is 22.0. The number of hydrogen-bond acceptors (Lipinski definition) is 9. The molecule has 1 aliphatic carbocycles. The van der Waals surface area contributed by atoms with E-state index in [9.17, 15) is 14.3 Å². The number of fused-ring (bicyclic) bond motifs is 2. The van der Waals surface area contributed by atoms with Gasteiger partial charge in [0.1, 0.15) is 29.8 Å². The number of carboxylic acid groups (broad SMARTS) is 1. The predicted octanol–water partition coefficient (Wildman–Crippen LogP) is 4.69. The Balaban J connectivity index is 1.06. The number of imidazole rings is 1. The van der Waals surface area contributed by atoms with E-state index in [4.69, 9.17) is 34.2 Å². The smallest absolute Gasteiger partial charge is 0.335 e. The van der Waals surface area contributed by atoms with Crippen LogP contribution in [0, 0.1) is 23.1 Å². The fourth-order valence-electron chi connectivity index (χ4n) is 6.89. The number of halogens is 1. The van der Waals surface area contributed by atoms with Crippen molar-refractivity contribution >= 4 is 17.0 Å². The lowest BCUT2D eigenvalue weighted by atomic mass is 9.91. The van der Waals surface area contributed by atoms with E-state index in [1.165, 1.54) is 26.4 Å². The number of carbonyl (C=O) groups is 1. The van der Waals surface area contributed by atoms with Crippen LogP contribution < -0.4 is 14.2 Å². The first kappa shape index (κ1) is 30.0. The first-order valence-corrected chi connectivity index (χ1v) is 15.3. The minimum Gasteiger partial charge on any atom is -0.494 e. The van der Waals surface area contributed by atoms with E-state index in [0.29, 0.717) is 41.7 Å².